The molecule has 12 nitrogen and oxygen atoms in total. The molecule has 12 heteroatoms. The molecular formula is C23H18O12. The fraction of sp³-hybridized carbons (Fsp3) is 0.217. The number of rotatable bonds is 5. The topological polar surface area (TPSA) is 162 Å². The van der Waals surface area contributed by atoms with E-state index in [4.69, 9.17) is 28.1 Å². The molecule has 182 valence electrons. The van der Waals surface area contributed by atoms with Gasteiger partial charge in [0.1, 0.15) is 0 Å². The summed E-state index contributed by atoms with van der Waals surface area (Å²) < 4.78 is 31.3. The number of benzene rings is 2. The monoisotopic (exact) mass is 486 g/mol. The zero-order valence-corrected chi connectivity index (χ0v) is 19.1. The average molecular weight is 486 g/mol. The van der Waals surface area contributed by atoms with Crippen LogP contribution in [0, 0.1) is 0 Å². The Hall–Kier alpha value is -4.74. The van der Waals surface area contributed by atoms with Gasteiger partial charge in [0, 0.05) is 40.7 Å². The Bertz CT molecular complexity index is 1480. The summed E-state index contributed by atoms with van der Waals surface area (Å²) in [6.07, 6.45) is 0. The number of fused-ring (bicyclic) bond motifs is 2. The number of carbonyl (C=O) groups is 5. The van der Waals surface area contributed by atoms with E-state index >= 15 is 0 Å². The van der Waals surface area contributed by atoms with Gasteiger partial charge in [-0.2, -0.15) is 0 Å². The molecule has 1 aromatic heterocycles. The molecule has 0 atom stereocenters. The Labute approximate surface area is 196 Å². The van der Waals surface area contributed by atoms with E-state index in [0.29, 0.717) is 0 Å². The van der Waals surface area contributed by atoms with E-state index < -0.39 is 58.1 Å². The molecule has 0 saturated carbocycles. The Morgan fingerprint density at radius 3 is 1.57 bits per heavy atom. The molecular weight excluding hydrogens is 468 g/mol. The van der Waals surface area contributed by atoms with Crippen molar-refractivity contribution in [2.75, 3.05) is 0 Å². The fourth-order valence-electron chi connectivity index (χ4n) is 3.12. The molecule has 0 aliphatic heterocycles. The van der Waals surface area contributed by atoms with E-state index in [9.17, 15) is 28.8 Å². The number of hydrogen-bond acceptors (Lipinski definition) is 12. The summed E-state index contributed by atoms with van der Waals surface area (Å²) in [6.45, 7) is 5.32. The third kappa shape index (κ3) is 5.27. The van der Waals surface area contributed by atoms with Crippen LogP contribution in [0.5, 0.6) is 28.7 Å². The molecule has 0 saturated heterocycles. The molecule has 0 aliphatic rings. The van der Waals surface area contributed by atoms with Crippen LogP contribution in [0.4, 0.5) is 0 Å². The summed E-state index contributed by atoms with van der Waals surface area (Å²) >= 11 is 0. The van der Waals surface area contributed by atoms with Crippen molar-refractivity contribution < 1.29 is 52.1 Å². The zero-order chi connectivity index (χ0) is 26.0. The van der Waals surface area contributed by atoms with Gasteiger partial charge in [-0.3, -0.25) is 28.8 Å². The standard InChI is InChI=1S/C23H18O12/c1-9(24)30-16-7-6-14-18(29)15-8-17(31-10(2)25)22(33-12(4)27)23(34-13(5)28)20(15)35-19(14)21(16)32-11(3)26/h6-8H,1-5H3. The maximum absolute atomic E-state index is 13.4. The first-order valence-electron chi connectivity index (χ1n) is 9.91. The maximum atomic E-state index is 13.4. The summed E-state index contributed by atoms with van der Waals surface area (Å²) in [6, 6.07) is 3.54. The second-order valence-corrected chi connectivity index (χ2v) is 7.08. The molecule has 0 spiro atoms. The minimum Gasteiger partial charge on any atom is -0.448 e. The molecule has 3 rings (SSSR count). The molecule has 3 aromatic rings. The largest absolute Gasteiger partial charge is 0.448 e. The van der Waals surface area contributed by atoms with Gasteiger partial charge in [0.2, 0.25) is 22.7 Å². The number of carbonyl (C=O) groups excluding carboxylic acids is 5. The van der Waals surface area contributed by atoms with E-state index in [-0.39, 0.29) is 27.9 Å². The van der Waals surface area contributed by atoms with Gasteiger partial charge in [0.15, 0.2) is 22.7 Å². The predicted octanol–water partition coefficient (Wildman–Crippen LogP) is 2.57. The summed E-state index contributed by atoms with van der Waals surface area (Å²) in [5.74, 6) is -6.22. The lowest BCUT2D eigenvalue weighted by molar-refractivity contribution is -0.135. The Morgan fingerprint density at radius 1 is 0.571 bits per heavy atom. The average Bonchev–Trinajstić information content (AvgIpc) is 2.71. The SMILES string of the molecule is CC(=O)Oc1cc2c(=O)c3ccc(OC(C)=O)c(OC(C)=O)c3oc2c(OC(C)=O)c1OC(C)=O. The highest BCUT2D eigenvalue weighted by Gasteiger charge is 2.28. The van der Waals surface area contributed by atoms with Gasteiger partial charge in [0.05, 0.1) is 10.8 Å². The van der Waals surface area contributed by atoms with E-state index in [0.717, 1.165) is 40.7 Å². The van der Waals surface area contributed by atoms with Crippen molar-refractivity contribution in [2.45, 2.75) is 34.6 Å². The predicted molar refractivity (Wildman–Crippen MR) is 117 cm³/mol. The normalized spacial score (nSPS) is 10.5. The first-order valence-corrected chi connectivity index (χ1v) is 9.91. The smallest absolute Gasteiger partial charge is 0.308 e. The first-order chi connectivity index (χ1) is 16.4. The van der Waals surface area contributed by atoms with Crippen LogP contribution in [-0.4, -0.2) is 29.8 Å². The van der Waals surface area contributed by atoms with E-state index in [2.05, 4.69) is 0 Å². The molecule has 35 heavy (non-hydrogen) atoms. The molecule has 2 aromatic carbocycles. The van der Waals surface area contributed by atoms with Crippen LogP contribution >= 0.6 is 0 Å². The molecule has 0 aliphatic carbocycles. The number of esters is 5. The number of hydrogen-bond donors (Lipinski definition) is 0. The Kier molecular flexibility index (Phi) is 6.85. The van der Waals surface area contributed by atoms with Gasteiger partial charge in [-0.25, -0.2) is 0 Å². The van der Waals surface area contributed by atoms with E-state index in [1.165, 1.54) is 12.1 Å². The molecule has 0 bridgehead atoms. The van der Waals surface area contributed by atoms with Crippen molar-refractivity contribution in [1.82, 2.24) is 0 Å². The van der Waals surface area contributed by atoms with E-state index in [1.807, 2.05) is 0 Å². The third-order valence-electron chi connectivity index (χ3n) is 4.17. The van der Waals surface area contributed by atoms with Crippen molar-refractivity contribution in [3.63, 3.8) is 0 Å². The molecule has 0 fully saturated rings. The molecule has 0 amide bonds. The zero-order valence-electron chi connectivity index (χ0n) is 19.1. The van der Waals surface area contributed by atoms with Crippen LogP contribution in [0.15, 0.2) is 27.4 Å². The Balaban J connectivity index is 2.54. The fourth-order valence-corrected chi connectivity index (χ4v) is 3.12. The third-order valence-corrected chi connectivity index (χ3v) is 4.17. The van der Waals surface area contributed by atoms with Crippen molar-refractivity contribution >= 4 is 51.8 Å². The summed E-state index contributed by atoms with van der Waals surface area (Å²) in [5.41, 5.74) is -1.46. The first kappa shape index (κ1) is 24.9. The lowest BCUT2D eigenvalue weighted by atomic mass is 10.1. The molecule has 0 radical (unpaired) electrons. The molecule has 1 heterocycles. The second kappa shape index (κ2) is 9.63. The van der Waals surface area contributed by atoms with Gasteiger partial charge in [-0.1, -0.05) is 0 Å². The van der Waals surface area contributed by atoms with Crippen LogP contribution in [0.25, 0.3) is 21.9 Å². The van der Waals surface area contributed by atoms with Gasteiger partial charge in [0.25, 0.3) is 0 Å². The minimum absolute atomic E-state index is 0.118. The number of ether oxygens (including phenoxy) is 5. The van der Waals surface area contributed by atoms with Crippen molar-refractivity contribution in [1.29, 1.82) is 0 Å². The highest BCUT2D eigenvalue weighted by molar-refractivity contribution is 6.00. The quantitative estimate of drug-likeness (QED) is 0.295. The molecule has 0 unspecified atom stereocenters. The van der Waals surface area contributed by atoms with Crippen LogP contribution in [0.1, 0.15) is 34.6 Å². The summed E-state index contributed by atoms with van der Waals surface area (Å²) in [7, 11) is 0. The summed E-state index contributed by atoms with van der Waals surface area (Å²) in [5, 5.41) is -0.345. The van der Waals surface area contributed by atoms with Gasteiger partial charge >= 0.3 is 29.8 Å². The van der Waals surface area contributed by atoms with Crippen LogP contribution < -0.4 is 29.1 Å². The van der Waals surface area contributed by atoms with Crippen molar-refractivity contribution in [2.24, 2.45) is 0 Å². The van der Waals surface area contributed by atoms with Crippen LogP contribution in [-0.2, 0) is 24.0 Å². The van der Waals surface area contributed by atoms with Crippen molar-refractivity contribution in [3.05, 3.63) is 28.4 Å². The minimum atomic E-state index is -0.892. The molecule has 0 N–H and O–H groups in total. The highest BCUT2D eigenvalue weighted by atomic mass is 16.6. The van der Waals surface area contributed by atoms with Gasteiger partial charge in [-0.05, 0) is 12.1 Å². The van der Waals surface area contributed by atoms with Crippen molar-refractivity contribution in [3.8, 4) is 28.7 Å². The maximum Gasteiger partial charge on any atom is 0.308 e. The van der Waals surface area contributed by atoms with E-state index in [1.54, 1.807) is 0 Å². The summed E-state index contributed by atoms with van der Waals surface area (Å²) in [4.78, 5) is 71.8. The second-order valence-electron chi connectivity index (χ2n) is 7.08. The Morgan fingerprint density at radius 2 is 1.03 bits per heavy atom. The lowest BCUT2D eigenvalue weighted by Gasteiger charge is -2.16. The van der Waals surface area contributed by atoms with Crippen LogP contribution in [0.2, 0.25) is 0 Å². The van der Waals surface area contributed by atoms with Gasteiger partial charge in [-0.15, -0.1) is 0 Å². The van der Waals surface area contributed by atoms with Crippen LogP contribution in [0.3, 0.4) is 0 Å². The van der Waals surface area contributed by atoms with Gasteiger partial charge < -0.3 is 28.1 Å². The highest BCUT2D eigenvalue weighted by Crippen LogP contribution is 2.46. The lowest BCUT2D eigenvalue weighted by Crippen LogP contribution is -2.13.